The van der Waals surface area contributed by atoms with Crippen LogP contribution in [0.2, 0.25) is 0 Å². The van der Waals surface area contributed by atoms with Gasteiger partial charge in [-0.3, -0.25) is 9.59 Å². The van der Waals surface area contributed by atoms with Crippen LogP contribution in [0.25, 0.3) is 0 Å². The molecule has 1 aromatic carbocycles. The summed E-state index contributed by atoms with van der Waals surface area (Å²) in [5.74, 6) is -2.26. The Morgan fingerprint density at radius 3 is 2.30 bits per heavy atom. The van der Waals surface area contributed by atoms with E-state index in [4.69, 9.17) is 4.74 Å². The zero-order chi connectivity index (χ0) is 24.6. The Morgan fingerprint density at radius 1 is 1.15 bits per heavy atom. The van der Waals surface area contributed by atoms with Crippen molar-refractivity contribution in [1.29, 1.82) is 0 Å². The number of halogens is 6. The molecule has 0 radical (unpaired) electrons. The van der Waals surface area contributed by atoms with Gasteiger partial charge in [0.15, 0.2) is 5.69 Å². The maximum Gasteiger partial charge on any atom is 0.436 e. The number of nitrogens with one attached hydrogen (secondary N) is 1. The first-order valence-corrected chi connectivity index (χ1v) is 10.0. The number of amides is 1. The molecule has 33 heavy (non-hydrogen) atoms. The highest BCUT2D eigenvalue weighted by Gasteiger charge is 2.42. The molecule has 1 amide bonds. The van der Waals surface area contributed by atoms with E-state index in [-0.39, 0.29) is 0 Å². The van der Waals surface area contributed by atoms with Crippen molar-refractivity contribution in [3.8, 4) is 11.6 Å². The van der Waals surface area contributed by atoms with Crippen LogP contribution in [0.4, 0.5) is 26.3 Å². The Hall–Kier alpha value is -3.35. The molecule has 1 atom stereocenters. The molecule has 0 unspecified atom stereocenters. The van der Waals surface area contributed by atoms with E-state index < -0.39 is 52.1 Å². The predicted octanol–water partition coefficient (Wildman–Crippen LogP) is 5.62. The summed E-state index contributed by atoms with van der Waals surface area (Å²) in [5.41, 5.74) is -1.65. The van der Waals surface area contributed by atoms with Crippen molar-refractivity contribution in [1.82, 2.24) is 15.1 Å². The highest BCUT2D eigenvalue weighted by molar-refractivity contribution is 7.10. The summed E-state index contributed by atoms with van der Waals surface area (Å²) in [6.45, 7) is 1.51. The third kappa shape index (κ3) is 5.35. The molecule has 1 N–H and O–H groups in total. The molecule has 0 aliphatic carbocycles. The van der Waals surface area contributed by atoms with Crippen LogP contribution in [0.15, 0.2) is 35.7 Å². The maximum atomic E-state index is 13.6. The Bertz CT molecular complexity index is 1170. The van der Waals surface area contributed by atoms with Crippen LogP contribution in [-0.2, 0) is 19.4 Å². The van der Waals surface area contributed by atoms with Crippen molar-refractivity contribution in [2.24, 2.45) is 7.05 Å². The van der Waals surface area contributed by atoms with Gasteiger partial charge in [-0.2, -0.15) is 31.4 Å². The molecule has 0 saturated carbocycles. The van der Waals surface area contributed by atoms with E-state index in [1.54, 1.807) is 0 Å². The molecule has 6 nitrogen and oxygen atoms in total. The SMILES string of the molecule is C[C@H](NC(=O)c1c(C(F)(F)F)nn(C)c1Oc1csc(C(F)(F)F)c1)c1ccc(C=O)cc1. The summed E-state index contributed by atoms with van der Waals surface area (Å²) in [4.78, 5) is 22.6. The smallest absolute Gasteiger partial charge is 0.436 e. The van der Waals surface area contributed by atoms with Gasteiger partial charge < -0.3 is 10.1 Å². The van der Waals surface area contributed by atoms with Crippen LogP contribution in [0.5, 0.6) is 11.6 Å². The first-order chi connectivity index (χ1) is 15.3. The minimum atomic E-state index is -5.04. The number of hydrogen-bond donors (Lipinski definition) is 1. The molecule has 2 heterocycles. The minimum Gasteiger partial charge on any atom is -0.438 e. The number of nitrogens with zero attached hydrogens (tertiary/aromatic N) is 2. The molecule has 0 aliphatic heterocycles. The van der Waals surface area contributed by atoms with Gasteiger partial charge in [-0.25, -0.2) is 4.68 Å². The molecular weight excluding hydrogens is 476 g/mol. The number of aromatic nitrogens is 2. The summed E-state index contributed by atoms with van der Waals surface area (Å²) >= 11 is 0.292. The third-order valence-electron chi connectivity index (χ3n) is 4.48. The lowest BCUT2D eigenvalue weighted by molar-refractivity contribution is -0.141. The first kappa shape index (κ1) is 24.3. The molecule has 0 fully saturated rings. The standard InChI is InChI=1S/C20H15F6N3O3S/c1-10(12-5-3-11(8-30)4-6-12)27-17(31)15-16(20(24,25)26)28-29(2)18(15)32-13-7-14(33-9-13)19(21,22)23/h3-10H,1-2H3,(H,27,31)/t10-/m0/s1. The van der Waals surface area contributed by atoms with E-state index in [2.05, 4.69) is 10.4 Å². The minimum absolute atomic E-state index is 0.292. The van der Waals surface area contributed by atoms with E-state index in [0.717, 1.165) is 12.4 Å². The Kier molecular flexibility index (Phi) is 6.54. The molecule has 3 aromatic rings. The van der Waals surface area contributed by atoms with Gasteiger partial charge in [0.2, 0.25) is 5.88 Å². The van der Waals surface area contributed by atoms with Crippen LogP contribution in [-0.4, -0.2) is 22.0 Å². The van der Waals surface area contributed by atoms with Gasteiger partial charge in [-0.1, -0.05) is 24.3 Å². The molecule has 176 valence electrons. The number of carbonyl (C=O) groups is 2. The zero-order valence-electron chi connectivity index (χ0n) is 16.9. The number of hydrogen-bond acceptors (Lipinski definition) is 5. The fraction of sp³-hybridized carbons (Fsp3) is 0.250. The molecule has 13 heteroatoms. The second kappa shape index (κ2) is 8.89. The number of aldehydes is 1. The fourth-order valence-electron chi connectivity index (χ4n) is 2.88. The Morgan fingerprint density at radius 2 is 1.79 bits per heavy atom. The van der Waals surface area contributed by atoms with Crippen LogP contribution in [0, 0.1) is 0 Å². The number of carbonyl (C=O) groups excluding carboxylic acids is 2. The van der Waals surface area contributed by atoms with Crippen LogP contribution in [0.1, 0.15) is 49.8 Å². The average molecular weight is 491 g/mol. The number of benzene rings is 1. The van der Waals surface area contributed by atoms with Gasteiger partial charge in [0.1, 0.15) is 22.5 Å². The van der Waals surface area contributed by atoms with Crippen molar-refractivity contribution >= 4 is 23.5 Å². The quantitative estimate of drug-likeness (QED) is 0.359. The second-order valence-corrected chi connectivity index (χ2v) is 7.79. The normalized spacial score (nSPS) is 13.0. The number of rotatable bonds is 6. The monoisotopic (exact) mass is 491 g/mol. The van der Waals surface area contributed by atoms with Crippen LogP contribution in [0.3, 0.4) is 0 Å². The van der Waals surface area contributed by atoms with Crippen molar-refractivity contribution in [2.75, 3.05) is 0 Å². The largest absolute Gasteiger partial charge is 0.438 e. The fourth-order valence-corrected chi connectivity index (χ4v) is 3.55. The topological polar surface area (TPSA) is 73.2 Å². The molecule has 0 aliphatic rings. The number of thiophene rings is 1. The van der Waals surface area contributed by atoms with E-state index >= 15 is 0 Å². The third-order valence-corrected chi connectivity index (χ3v) is 5.43. The molecule has 0 saturated heterocycles. The lowest BCUT2D eigenvalue weighted by atomic mass is 10.1. The summed E-state index contributed by atoms with van der Waals surface area (Å²) < 4.78 is 85.1. The average Bonchev–Trinajstić information content (AvgIpc) is 3.33. The molecule has 0 spiro atoms. The van der Waals surface area contributed by atoms with Gasteiger partial charge in [0, 0.05) is 24.1 Å². The highest BCUT2D eigenvalue weighted by atomic mass is 32.1. The number of aryl methyl sites for hydroxylation is 1. The van der Waals surface area contributed by atoms with Gasteiger partial charge in [0.05, 0.1) is 6.04 Å². The summed E-state index contributed by atoms with van der Waals surface area (Å²) in [6.07, 6.45) is -9.09. The first-order valence-electron chi connectivity index (χ1n) is 9.15. The number of ether oxygens (including phenoxy) is 1. The molecule has 3 rings (SSSR count). The molecule has 2 aromatic heterocycles. The van der Waals surface area contributed by atoms with E-state index in [1.807, 2.05) is 0 Å². The zero-order valence-corrected chi connectivity index (χ0v) is 17.7. The molecule has 0 bridgehead atoms. The predicted molar refractivity (Wildman–Crippen MR) is 105 cm³/mol. The Labute approximate surface area is 186 Å². The summed E-state index contributed by atoms with van der Waals surface area (Å²) in [5, 5.41) is 6.66. The van der Waals surface area contributed by atoms with Crippen LogP contribution < -0.4 is 10.1 Å². The van der Waals surface area contributed by atoms with E-state index in [0.29, 0.717) is 39.5 Å². The highest BCUT2D eigenvalue weighted by Crippen LogP contribution is 2.40. The van der Waals surface area contributed by atoms with Crippen molar-refractivity contribution in [3.05, 3.63) is 63.0 Å². The van der Waals surface area contributed by atoms with Gasteiger partial charge >= 0.3 is 12.4 Å². The maximum absolute atomic E-state index is 13.6. The van der Waals surface area contributed by atoms with Gasteiger partial charge in [-0.05, 0) is 12.5 Å². The van der Waals surface area contributed by atoms with E-state index in [9.17, 15) is 35.9 Å². The second-order valence-electron chi connectivity index (χ2n) is 6.88. The lowest BCUT2D eigenvalue weighted by Crippen LogP contribution is -2.28. The number of alkyl halides is 6. The van der Waals surface area contributed by atoms with Crippen molar-refractivity contribution in [2.45, 2.75) is 25.3 Å². The van der Waals surface area contributed by atoms with Crippen LogP contribution >= 0.6 is 11.3 Å². The van der Waals surface area contributed by atoms with E-state index in [1.165, 1.54) is 31.2 Å². The van der Waals surface area contributed by atoms with Gasteiger partial charge in [0.25, 0.3) is 5.91 Å². The van der Waals surface area contributed by atoms with Gasteiger partial charge in [-0.15, -0.1) is 11.3 Å². The lowest BCUT2D eigenvalue weighted by Gasteiger charge is -2.16. The van der Waals surface area contributed by atoms with Crippen molar-refractivity contribution < 1.29 is 40.7 Å². The molecular formula is C20H15F6N3O3S. The summed E-state index contributed by atoms with van der Waals surface area (Å²) in [7, 11) is 1.07. The van der Waals surface area contributed by atoms with Crippen molar-refractivity contribution in [3.63, 3.8) is 0 Å². The summed E-state index contributed by atoms with van der Waals surface area (Å²) in [6, 6.07) is 5.82. The Balaban J connectivity index is 1.95.